The highest BCUT2D eigenvalue weighted by atomic mass is 16.5. The lowest BCUT2D eigenvalue weighted by molar-refractivity contribution is 0.105. The molecule has 15 heavy (non-hydrogen) atoms. The van der Waals surface area contributed by atoms with Gasteiger partial charge >= 0.3 is 0 Å². The first-order chi connectivity index (χ1) is 7.35. The van der Waals surface area contributed by atoms with E-state index < -0.39 is 0 Å². The third-order valence-corrected chi connectivity index (χ3v) is 2.49. The molecule has 86 valence electrons. The summed E-state index contributed by atoms with van der Waals surface area (Å²) in [4.78, 5) is 0. The Labute approximate surface area is 94.9 Å². The number of rotatable bonds is 10. The van der Waals surface area contributed by atoms with E-state index in [1.807, 2.05) is 6.08 Å². The van der Waals surface area contributed by atoms with E-state index in [0.29, 0.717) is 6.61 Å². The van der Waals surface area contributed by atoms with E-state index >= 15 is 0 Å². The van der Waals surface area contributed by atoms with Crippen molar-refractivity contribution in [3.8, 4) is 12.3 Å². The van der Waals surface area contributed by atoms with Crippen LogP contribution < -0.4 is 0 Å². The Hall–Kier alpha value is -0.740. The smallest absolute Gasteiger partial charge is 0.108 e. The fraction of sp³-hybridized carbons (Fsp3) is 0.714. The average Bonchev–Trinajstić information content (AvgIpc) is 2.27. The van der Waals surface area contributed by atoms with Crippen LogP contribution >= 0.6 is 0 Å². The molecule has 0 aromatic rings. The van der Waals surface area contributed by atoms with Crippen LogP contribution in [0.25, 0.3) is 0 Å². The molecule has 0 bridgehead atoms. The third-order valence-electron chi connectivity index (χ3n) is 2.49. The van der Waals surface area contributed by atoms with Crippen LogP contribution in [0.5, 0.6) is 0 Å². The molecule has 0 aromatic carbocycles. The number of hydrogen-bond donors (Lipinski definition) is 0. The van der Waals surface area contributed by atoms with Gasteiger partial charge in [-0.3, -0.25) is 0 Å². The number of unbranched alkanes of at least 4 members (excludes halogenated alkanes) is 5. The van der Waals surface area contributed by atoms with Gasteiger partial charge in [0.15, 0.2) is 0 Å². The van der Waals surface area contributed by atoms with Crippen LogP contribution in [0.4, 0.5) is 0 Å². The Morgan fingerprint density at radius 2 is 1.93 bits per heavy atom. The van der Waals surface area contributed by atoms with Crippen LogP contribution in [-0.4, -0.2) is 12.7 Å². The number of ether oxygens (including phenoxy) is 1. The second-order valence-corrected chi connectivity index (χ2v) is 3.85. The first-order valence-electron chi connectivity index (χ1n) is 6.02. The van der Waals surface area contributed by atoms with E-state index in [1.165, 1.54) is 38.5 Å². The van der Waals surface area contributed by atoms with Gasteiger partial charge in [-0.2, -0.15) is 0 Å². The lowest BCUT2D eigenvalue weighted by Crippen LogP contribution is -2.09. The zero-order valence-electron chi connectivity index (χ0n) is 10.0. The molecular formula is C14H24O. The molecule has 0 N–H and O–H groups in total. The Kier molecular flexibility index (Phi) is 10.8. The summed E-state index contributed by atoms with van der Waals surface area (Å²) in [5, 5.41) is 0. The van der Waals surface area contributed by atoms with Crippen LogP contribution in [0.2, 0.25) is 0 Å². The minimum absolute atomic E-state index is 0.146. The predicted molar refractivity (Wildman–Crippen MR) is 66.8 cm³/mol. The monoisotopic (exact) mass is 208 g/mol. The molecule has 1 unspecified atom stereocenters. The van der Waals surface area contributed by atoms with Gasteiger partial charge < -0.3 is 4.74 Å². The van der Waals surface area contributed by atoms with Gasteiger partial charge in [0.2, 0.25) is 0 Å². The van der Waals surface area contributed by atoms with Crippen LogP contribution in [-0.2, 0) is 4.74 Å². The maximum Gasteiger partial charge on any atom is 0.108 e. The average molecular weight is 208 g/mol. The Morgan fingerprint density at radius 3 is 2.53 bits per heavy atom. The number of terminal acetylenes is 1. The topological polar surface area (TPSA) is 9.23 Å². The molecule has 0 fully saturated rings. The lowest BCUT2D eigenvalue weighted by atomic mass is 10.1. The first kappa shape index (κ1) is 14.3. The van der Waals surface area contributed by atoms with E-state index in [2.05, 4.69) is 19.4 Å². The van der Waals surface area contributed by atoms with Gasteiger partial charge in [-0.1, -0.05) is 57.4 Å². The molecule has 0 heterocycles. The molecule has 1 atom stereocenters. The van der Waals surface area contributed by atoms with Crippen LogP contribution in [0.15, 0.2) is 12.7 Å². The van der Waals surface area contributed by atoms with Crippen molar-refractivity contribution < 1.29 is 4.74 Å². The van der Waals surface area contributed by atoms with E-state index in [0.717, 1.165) is 6.42 Å². The molecule has 0 rings (SSSR count). The summed E-state index contributed by atoms with van der Waals surface area (Å²) in [5.41, 5.74) is 0. The maximum absolute atomic E-state index is 5.41. The minimum Gasteiger partial charge on any atom is -0.362 e. The molecule has 1 heteroatoms. The van der Waals surface area contributed by atoms with Gasteiger partial charge in [-0.05, 0) is 6.42 Å². The molecule has 0 aliphatic carbocycles. The SMILES string of the molecule is C#CCOC(C=C)CCCCCCCC. The van der Waals surface area contributed by atoms with Crippen molar-refractivity contribution in [2.45, 2.75) is 58.0 Å². The standard InChI is InChI=1S/C14H24O/c1-4-7-8-9-10-11-12-14(6-3)15-13-5-2/h2,6,14H,3-4,7-13H2,1H3. The largest absolute Gasteiger partial charge is 0.362 e. The molecule has 1 nitrogen and oxygen atoms in total. The molecule has 0 radical (unpaired) electrons. The van der Waals surface area contributed by atoms with Crippen molar-refractivity contribution in [3.63, 3.8) is 0 Å². The van der Waals surface area contributed by atoms with Gasteiger partial charge in [0, 0.05) is 0 Å². The van der Waals surface area contributed by atoms with Crippen molar-refractivity contribution in [3.05, 3.63) is 12.7 Å². The van der Waals surface area contributed by atoms with E-state index in [-0.39, 0.29) is 6.10 Å². The third kappa shape index (κ3) is 9.56. The second-order valence-electron chi connectivity index (χ2n) is 3.85. The first-order valence-corrected chi connectivity index (χ1v) is 6.02. The fourth-order valence-electron chi connectivity index (χ4n) is 1.55. The molecule has 0 aliphatic rings. The van der Waals surface area contributed by atoms with Gasteiger partial charge in [-0.15, -0.1) is 13.0 Å². The van der Waals surface area contributed by atoms with Crippen molar-refractivity contribution in [1.29, 1.82) is 0 Å². The van der Waals surface area contributed by atoms with E-state index in [4.69, 9.17) is 11.2 Å². The van der Waals surface area contributed by atoms with Crippen molar-refractivity contribution in [2.75, 3.05) is 6.61 Å². The van der Waals surface area contributed by atoms with Gasteiger partial charge in [-0.25, -0.2) is 0 Å². The highest BCUT2D eigenvalue weighted by molar-refractivity contribution is 4.86. The van der Waals surface area contributed by atoms with Gasteiger partial charge in [0.1, 0.15) is 6.61 Å². The van der Waals surface area contributed by atoms with Gasteiger partial charge in [0.05, 0.1) is 6.10 Å². The molecule has 0 saturated heterocycles. The van der Waals surface area contributed by atoms with Crippen LogP contribution in [0.1, 0.15) is 51.9 Å². The Bertz CT molecular complexity index is 178. The fourth-order valence-corrected chi connectivity index (χ4v) is 1.55. The zero-order valence-corrected chi connectivity index (χ0v) is 10.0. The molecular weight excluding hydrogens is 184 g/mol. The summed E-state index contributed by atoms with van der Waals surface area (Å²) in [6, 6.07) is 0. The molecule has 0 amide bonds. The van der Waals surface area contributed by atoms with Crippen molar-refractivity contribution in [2.24, 2.45) is 0 Å². The van der Waals surface area contributed by atoms with E-state index in [9.17, 15) is 0 Å². The highest BCUT2D eigenvalue weighted by Gasteiger charge is 2.02. The zero-order chi connectivity index (χ0) is 11.4. The Morgan fingerprint density at radius 1 is 1.27 bits per heavy atom. The van der Waals surface area contributed by atoms with Crippen LogP contribution in [0, 0.1) is 12.3 Å². The Balaban J connectivity index is 3.31. The summed E-state index contributed by atoms with van der Waals surface area (Å²) in [5.74, 6) is 2.48. The molecule has 0 saturated carbocycles. The summed E-state index contributed by atoms with van der Waals surface area (Å²) in [6.45, 7) is 6.38. The highest BCUT2D eigenvalue weighted by Crippen LogP contribution is 2.10. The predicted octanol–water partition coefficient (Wildman–Crippen LogP) is 3.94. The minimum atomic E-state index is 0.146. The van der Waals surface area contributed by atoms with Crippen molar-refractivity contribution in [1.82, 2.24) is 0 Å². The van der Waals surface area contributed by atoms with E-state index in [1.54, 1.807) is 0 Å². The maximum atomic E-state index is 5.41. The van der Waals surface area contributed by atoms with Crippen LogP contribution in [0.3, 0.4) is 0 Å². The molecule has 0 spiro atoms. The lowest BCUT2D eigenvalue weighted by Gasteiger charge is -2.11. The summed E-state index contributed by atoms with van der Waals surface area (Å²) < 4.78 is 5.41. The second kappa shape index (κ2) is 11.3. The molecule has 0 aliphatic heterocycles. The van der Waals surface area contributed by atoms with Gasteiger partial charge in [0.25, 0.3) is 0 Å². The molecule has 0 aromatic heterocycles. The van der Waals surface area contributed by atoms with Crippen molar-refractivity contribution >= 4 is 0 Å². The number of hydrogen-bond acceptors (Lipinski definition) is 1. The quantitative estimate of drug-likeness (QED) is 0.300. The summed E-state index contributed by atoms with van der Waals surface area (Å²) in [6.07, 6.45) is 16.1. The summed E-state index contributed by atoms with van der Waals surface area (Å²) in [7, 11) is 0. The normalized spacial score (nSPS) is 12.0. The summed E-state index contributed by atoms with van der Waals surface area (Å²) >= 11 is 0.